The lowest BCUT2D eigenvalue weighted by atomic mass is 9.91. The Morgan fingerprint density at radius 1 is 0.800 bits per heavy atom. The van der Waals surface area contributed by atoms with E-state index in [1.807, 2.05) is 26.5 Å². The normalized spacial score (nSPS) is 18.7. The first-order chi connectivity index (χ1) is 24.1. The van der Waals surface area contributed by atoms with Gasteiger partial charge in [-0.2, -0.15) is 29.4 Å². The molecule has 6 aromatic rings. The van der Waals surface area contributed by atoms with Gasteiger partial charge in [-0.1, -0.05) is 0 Å². The van der Waals surface area contributed by atoms with Crippen molar-refractivity contribution in [3.8, 4) is 22.3 Å². The highest BCUT2D eigenvalue weighted by Gasteiger charge is 2.28. The smallest absolute Gasteiger partial charge is 0.165 e. The van der Waals surface area contributed by atoms with Crippen LogP contribution in [0.5, 0.6) is 0 Å². The highest BCUT2D eigenvalue weighted by Crippen LogP contribution is 2.35. The fraction of sp³-hybridized carbons (Fsp3) is 0.441. The molecule has 3 atom stereocenters. The van der Waals surface area contributed by atoms with Crippen molar-refractivity contribution in [2.24, 2.45) is 14.1 Å². The first kappa shape index (κ1) is 33.3. The maximum absolute atomic E-state index is 12.3. The SMILES string of the molecule is CC(=O)c1c(C2CCCNC2)nc2c(-c3cnn(C)c3)cnn2c1N.CC(O)c1c(C2CCCNC2)nc2c(-c3cnn(C)c3)cnn2c1N. The third-order valence-electron chi connectivity index (χ3n) is 9.63. The molecule has 2 saturated heterocycles. The number of rotatable bonds is 6. The number of anilines is 2. The highest BCUT2D eigenvalue weighted by atomic mass is 16.3. The van der Waals surface area contributed by atoms with Crippen LogP contribution in [0.2, 0.25) is 0 Å². The monoisotopic (exact) mass is 680 g/mol. The van der Waals surface area contributed by atoms with Crippen molar-refractivity contribution in [1.29, 1.82) is 0 Å². The molecule has 0 saturated carbocycles. The summed E-state index contributed by atoms with van der Waals surface area (Å²) in [6, 6.07) is 0. The number of fused-ring (bicyclic) bond motifs is 2. The Hall–Kier alpha value is -5.19. The minimum Gasteiger partial charge on any atom is -0.388 e. The molecule has 7 N–H and O–H groups in total. The number of Topliss-reactive ketones (excluding diaryl/α,β-unsaturated/α-hetero) is 1. The topological polar surface area (TPSA) is 209 Å². The number of piperidine rings is 2. The molecule has 8 heterocycles. The number of aromatic nitrogens is 10. The third-order valence-corrected chi connectivity index (χ3v) is 9.63. The third kappa shape index (κ3) is 6.09. The van der Waals surface area contributed by atoms with Crippen LogP contribution in [-0.2, 0) is 14.1 Å². The maximum atomic E-state index is 12.3. The van der Waals surface area contributed by atoms with E-state index in [1.165, 1.54) is 6.92 Å². The molecule has 16 nitrogen and oxygen atoms in total. The van der Waals surface area contributed by atoms with E-state index in [2.05, 4.69) is 31.0 Å². The zero-order chi connectivity index (χ0) is 35.1. The van der Waals surface area contributed by atoms with E-state index in [-0.39, 0.29) is 17.6 Å². The second-order valence-corrected chi connectivity index (χ2v) is 13.3. The lowest BCUT2D eigenvalue weighted by Gasteiger charge is -2.26. The van der Waals surface area contributed by atoms with Crippen LogP contribution in [0, 0.1) is 0 Å². The summed E-state index contributed by atoms with van der Waals surface area (Å²) in [4.78, 5) is 22.0. The van der Waals surface area contributed by atoms with Gasteiger partial charge in [0.2, 0.25) is 0 Å². The van der Waals surface area contributed by atoms with Gasteiger partial charge in [0.05, 0.1) is 47.8 Å². The van der Waals surface area contributed by atoms with Crippen LogP contribution in [-0.4, -0.2) is 85.8 Å². The predicted molar refractivity (Wildman–Crippen MR) is 190 cm³/mol. The molecule has 16 heteroatoms. The number of nitrogens with two attached hydrogens (primary N) is 2. The number of hydrogen-bond donors (Lipinski definition) is 5. The van der Waals surface area contributed by atoms with Gasteiger partial charge >= 0.3 is 0 Å². The molecule has 2 aliphatic heterocycles. The Labute approximate surface area is 288 Å². The second kappa shape index (κ2) is 13.6. The molecule has 8 rings (SSSR count). The number of nitrogens with one attached hydrogen (secondary N) is 2. The van der Waals surface area contributed by atoms with Crippen molar-refractivity contribution in [3.63, 3.8) is 0 Å². The number of hydrogen-bond acceptors (Lipinski definition) is 12. The summed E-state index contributed by atoms with van der Waals surface area (Å²) in [5, 5.41) is 34.3. The van der Waals surface area contributed by atoms with E-state index in [1.54, 1.807) is 50.1 Å². The predicted octanol–water partition coefficient (Wildman–Crippen LogP) is 2.61. The minimum atomic E-state index is -0.695. The minimum absolute atomic E-state index is 0.0779. The lowest BCUT2D eigenvalue weighted by Crippen LogP contribution is -2.30. The largest absolute Gasteiger partial charge is 0.388 e. The number of nitrogen functional groups attached to an aromatic ring is 2. The number of ketones is 1. The summed E-state index contributed by atoms with van der Waals surface area (Å²) >= 11 is 0. The second-order valence-electron chi connectivity index (χ2n) is 13.3. The summed E-state index contributed by atoms with van der Waals surface area (Å²) in [6.07, 6.45) is 14.4. The quantitative estimate of drug-likeness (QED) is 0.161. The molecule has 0 aromatic carbocycles. The molecule has 3 unspecified atom stereocenters. The molecule has 0 amide bonds. The summed E-state index contributed by atoms with van der Waals surface area (Å²) < 4.78 is 6.65. The Bertz CT molecular complexity index is 2160. The summed E-state index contributed by atoms with van der Waals surface area (Å²) in [5.41, 5.74) is 20.5. The first-order valence-electron chi connectivity index (χ1n) is 17.0. The van der Waals surface area contributed by atoms with Gasteiger partial charge in [0.15, 0.2) is 17.1 Å². The average molecular weight is 681 g/mol. The van der Waals surface area contributed by atoms with Gasteiger partial charge in [-0.3, -0.25) is 14.2 Å². The van der Waals surface area contributed by atoms with Crippen molar-refractivity contribution in [3.05, 3.63) is 59.7 Å². The van der Waals surface area contributed by atoms with E-state index in [4.69, 9.17) is 21.4 Å². The Balaban J connectivity index is 0.000000157. The van der Waals surface area contributed by atoms with Gasteiger partial charge in [-0.15, -0.1) is 0 Å². The number of aliphatic hydroxyl groups is 1. The molecule has 0 bridgehead atoms. The molecular formula is C34H44N14O2. The van der Waals surface area contributed by atoms with Crippen LogP contribution < -0.4 is 22.1 Å². The van der Waals surface area contributed by atoms with Crippen LogP contribution in [0.1, 0.15) is 84.8 Å². The van der Waals surface area contributed by atoms with E-state index in [0.717, 1.165) is 85.5 Å². The van der Waals surface area contributed by atoms with Crippen LogP contribution in [0.4, 0.5) is 11.6 Å². The molecule has 2 fully saturated rings. The zero-order valence-electron chi connectivity index (χ0n) is 28.8. The van der Waals surface area contributed by atoms with Crippen LogP contribution >= 0.6 is 0 Å². The first-order valence-corrected chi connectivity index (χ1v) is 17.0. The molecule has 2 aliphatic rings. The summed E-state index contributed by atoms with van der Waals surface area (Å²) in [7, 11) is 3.74. The van der Waals surface area contributed by atoms with Gasteiger partial charge in [0.25, 0.3) is 0 Å². The van der Waals surface area contributed by atoms with Crippen LogP contribution in [0.25, 0.3) is 33.5 Å². The lowest BCUT2D eigenvalue weighted by molar-refractivity contribution is 0.101. The molecule has 262 valence electrons. The summed E-state index contributed by atoms with van der Waals surface area (Å²) in [5.74, 6) is 1.15. The number of aliphatic hydroxyl groups excluding tert-OH is 1. The van der Waals surface area contributed by atoms with Gasteiger partial charge < -0.3 is 27.2 Å². The molecular weight excluding hydrogens is 636 g/mol. The van der Waals surface area contributed by atoms with Gasteiger partial charge in [-0.05, 0) is 52.6 Å². The van der Waals surface area contributed by atoms with Crippen LogP contribution in [0.3, 0.4) is 0 Å². The average Bonchev–Trinajstić information content (AvgIpc) is 3.92. The number of carbonyl (C=O) groups excluding carboxylic acids is 1. The Morgan fingerprint density at radius 2 is 1.30 bits per heavy atom. The molecule has 0 radical (unpaired) electrons. The van der Waals surface area contributed by atoms with Crippen molar-refractivity contribution < 1.29 is 9.90 Å². The van der Waals surface area contributed by atoms with E-state index in [9.17, 15) is 9.90 Å². The van der Waals surface area contributed by atoms with E-state index < -0.39 is 6.10 Å². The van der Waals surface area contributed by atoms with Gasteiger partial charge in [0, 0.05) is 79.2 Å². The van der Waals surface area contributed by atoms with Crippen molar-refractivity contribution in [1.82, 2.24) is 59.4 Å². The number of carbonyl (C=O) groups is 1. The van der Waals surface area contributed by atoms with E-state index >= 15 is 0 Å². The molecule has 0 aliphatic carbocycles. The fourth-order valence-electron chi connectivity index (χ4n) is 7.17. The van der Waals surface area contributed by atoms with Crippen molar-refractivity contribution >= 4 is 28.7 Å². The number of aryl methyl sites for hydroxylation is 2. The maximum Gasteiger partial charge on any atom is 0.165 e. The summed E-state index contributed by atoms with van der Waals surface area (Å²) in [6.45, 7) is 6.93. The number of nitrogens with zero attached hydrogens (tertiary/aromatic N) is 10. The van der Waals surface area contributed by atoms with Crippen molar-refractivity contribution in [2.75, 3.05) is 37.6 Å². The van der Waals surface area contributed by atoms with Crippen molar-refractivity contribution in [2.45, 2.75) is 57.5 Å². The standard InChI is InChI=1S/C17H23N7O.C17H21N7O/c2*1-10(25)14-15(11-4-3-5-19-6-11)22-17-13(8-21-24(17)16(14)18)12-7-20-23(2)9-12/h7-11,19,25H,3-6,18H2,1-2H3;7-9,11,19H,3-6,18H2,1-2H3. The molecule has 6 aromatic heterocycles. The van der Waals surface area contributed by atoms with Crippen LogP contribution in [0.15, 0.2) is 37.2 Å². The Morgan fingerprint density at radius 3 is 1.74 bits per heavy atom. The molecule has 0 spiro atoms. The molecule has 50 heavy (non-hydrogen) atoms. The zero-order valence-corrected chi connectivity index (χ0v) is 28.8. The highest BCUT2D eigenvalue weighted by molar-refractivity contribution is 6.00. The fourth-order valence-corrected chi connectivity index (χ4v) is 7.17. The van der Waals surface area contributed by atoms with Gasteiger partial charge in [-0.25, -0.2) is 9.97 Å². The Kier molecular flexibility index (Phi) is 9.07. The van der Waals surface area contributed by atoms with E-state index in [0.29, 0.717) is 34.1 Å². The van der Waals surface area contributed by atoms with Gasteiger partial charge in [0.1, 0.15) is 11.6 Å².